The molecule has 1 saturated heterocycles. The fourth-order valence-corrected chi connectivity index (χ4v) is 2.51. The van der Waals surface area contributed by atoms with Gasteiger partial charge in [0.1, 0.15) is 0 Å². The quantitative estimate of drug-likeness (QED) is 0.708. The standard InChI is InChI=1S/C10H14N2OS/c13-8-9-7-11-14-10(9)3-6-12-4-1-2-5-12/h7-8H,1-6H2. The summed E-state index contributed by atoms with van der Waals surface area (Å²) in [6, 6.07) is 0. The first-order valence-corrected chi connectivity index (χ1v) is 5.78. The Morgan fingerprint density at radius 1 is 1.50 bits per heavy atom. The first kappa shape index (κ1) is 9.80. The zero-order valence-corrected chi connectivity index (χ0v) is 8.92. The van der Waals surface area contributed by atoms with Crippen molar-refractivity contribution in [2.24, 2.45) is 0 Å². The van der Waals surface area contributed by atoms with E-state index in [0.717, 1.165) is 29.7 Å². The third-order valence-electron chi connectivity index (χ3n) is 2.66. The lowest BCUT2D eigenvalue weighted by Crippen LogP contribution is -2.21. The van der Waals surface area contributed by atoms with E-state index in [1.807, 2.05) is 0 Å². The number of carbonyl (C=O) groups excluding carboxylic acids is 1. The average Bonchev–Trinajstić information content (AvgIpc) is 2.85. The Kier molecular flexibility index (Phi) is 3.26. The van der Waals surface area contributed by atoms with Crippen LogP contribution in [0.25, 0.3) is 0 Å². The maximum absolute atomic E-state index is 10.6. The predicted molar refractivity (Wildman–Crippen MR) is 56.9 cm³/mol. The Hall–Kier alpha value is -0.740. The number of likely N-dealkylation sites (tertiary alicyclic amines) is 1. The van der Waals surface area contributed by atoms with Crippen LogP contribution >= 0.6 is 11.5 Å². The van der Waals surface area contributed by atoms with Crippen molar-refractivity contribution in [1.82, 2.24) is 9.27 Å². The molecule has 1 aliphatic heterocycles. The zero-order valence-electron chi connectivity index (χ0n) is 8.11. The van der Waals surface area contributed by atoms with E-state index in [-0.39, 0.29) is 0 Å². The van der Waals surface area contributed by atoms with E-state index < -0.39 is 0 Å². The summed E-state index contributed by atoms with van der Waals surface area (Å²) in [4.78, 5) is 14.2. The van der Waals surface area contributed by atoms with Crippen LogP contribution in [0.15, 0.2) is 6.20 Å². The molecule has 2 heterocycles. The first-order chi connectivity index (χ1) is 6.90. The van der Waals surface area contributed by atoms with E-state index in [2.05, 4.69) is 9.27 Å². The van der Waals surface area contributed by atoms with Crippen molar-refractivity contribution < 1.29 is 4.79 Å². The molecule has 0 radical (unpaired) electrons. The third kappa shape index (κ3) is 2.19. The van der Waals surface area contributed by atoms with E-state index in [9.17, 15) is 4.79 Å². The predicted octanol–water partition coefficient (Wildman–Crippen LogP) is 1.59. The third-order valence-corrected chi connectivity index (χ3v) is 3.53. The molecule has 2 rings (SSSR count). The summed E-state index contributed by atoms with van der Waals surface area (Å²) in [7, 11) is 0. The van der Waals surface area contributed by atoms with Crippen molar-refractivity contribution in [1.29, 1.82) is 0 Å². The van der Waals surface area contributed by atoms with Crippen LogP contribution in [0, 0.1) is 0 Å². The summed E-state index contributed by atoms with van der Waals surface area (Å²) >= 11 is 1.45. The van der Waals surface area contributed by atoms with Gasteiger partial charge in [0.2, 0.25) is 0 Å². The van der Waals surface area contributed by atoms with E-state index >= 15 is 0 Å². The van der Waals surface area contributed by atoms with Gasteiger partial charge in [-0.3, -0.25) is 4.79 Å². The van der Waals surface area contributed by atoms with E-state index in [0.29, 0.717) is 0 Å². The van der Waals surface area contributed by atoms with Crippen molar-refractivity contribution in [2.75, 3.05) is 19.6 Å². The van der Waals surface area contributed by atoms with Gasteiger partial charge >= 0.3 is 0 Å². The SMILES string of the molecule is O=Cc1cnsc1CCN1CCCC1. The fraction of sp³-hybridized carbons (Fsp3) is 0.600. The van der Waals surface area contributed by atoms with Crippen LogP contribution in [0.5, 0.6) is 0 Å². The minimum absolute atomic E-state index is 0.772. The molecule has 14 heavy (non-hydrogen) atoms. The van der Waals surface area contributed by atoms with Crippen LogP contribution in [0.2, 0.25) is 0 Å². The molecule has 0 aliphatic carbocycles. The maximum atomic E-state index is 10.6. The average molecular weight is 210 g/mol. The second-order valence-corrected chi connectivity index (χ2v) is 4.51. The molecule has 76 valence electrons. The Morgan fingerprint density at radius 3 is 3.00 bits per heavy atom. The molecule has 1 aromatic heterocycles. The molecule has 0 unspecified atom stereocenters. The Bertz CT molecular complexity index is 305. The number of rotatable bonds is 4. The zero-order chi connectivity index (χ0) is 9.80. The fourth-order valence-electron chi connectivity index (χ4n) is 1.82. The molecular weight excluding hydrogens is 196 g/mol. The highest BCUT2D eigenvalue weighted by Gasteiger charge is 2.12. The number of hydrogen-bond acceptors (Lipinski definition) is 4. The molecule has 0 N–H and O–H groups in total. The van der Waals surface area contributed by atoms with Gasteiger partial charge in [-0.15, -0.1) is 0 Å². The lowest BCUT2D eigenvalue weighted by Gasteiger charge is -2.13. The van der Waals surface area contributed by atoms with E-state index in [1.165, 1.54) is 37.5 Å². The van der Waals surface area contributed by atoms with Crippen LogP contribution in [0.4, 0.5) is 0 Å². The van der Waals surface area contributed by atoms with Crippen LogP contribution in [-0.2, 0) is 6.42 Å². The normalized spacial score (nSPS) is 17.4. The second kappa shape index (κ2) is 4.66. The topological polar surface area (TPSA) is 33.2 Å². The van der Waals surface area contributed by atoms with Gasteiger partial charge in [-0.1, -0.05) is 0 Å². The van der Waals surface area contributed by atoms with Crippen molar-refractivity contribution in [3.8, 4) is 0 Å². The van der Waals surface area contributed by atoms with Crippen LogP contribution in [0.3, 0.4) is 0 Å². The van der Waals surface area contributed by atoms with Gasteiger partial charge in [-0.25, -0.2) is 4.37 Å². The monoisotopic (exact) mass is 210 g/mol. The van der Waals surface area contributed by atoms with Crippen molar-refractivity contribution >= 4 is 17.8 Å². The summed E-state index contributed by atoms with van der Waals surface area (Å²) in [5, 5.41) is 0. The van der Waals surface area contributed by atoms with Gasteiger partial charge in [0, 0.05) is 17.0 Å². The molecule has 1 fully saturated rings. The molecule has 0 bridgehead atoms. The molecule has 4 heteroatoms. The lowest BCUT2D eigenvalue weighted by atomic mass is 10.2. The molecule has 1 aliphatic rings. The lowest BCUT2D eigenvalue weighted by molar-refractivity contribution is 0.112. The van der Waals surface area contributed by atoms with Crippen molar-refractivity contribution in [3.05, 3.63) is 16.6 Å². The molecule has 0 amide bonds. The first-order valence-electron chi connectivity index (χ1n) is 5.01. The van der Waals surface area contributed by atoms with Crippen LogP contribution < -0.4 is 0 Å². The summed E-state index contributed by atoms with van der Waals surface area (Å²) in [5.74, 6) is 0. The number of aromatic nitrogens is 1. The highest BCUT2D eigenvalue weighted by atomic mass is 32.1. The minimum Gasteiger partial charge on any atom is -0.303 e. The summed E-state index contributed by atoms with van der Waals surface area (Å²) in [6.45, 7) is 3.51. The minimum atomic E-state index is 0.772. The van der Waals surface area contributed by atoms with Gasteiger partial charge < -0.3 is 4.90 Å². The molecule has 0 spiro atoms. The van der Waals surface area contributed by atoms with Gasteiger partial charge in [-0.05, 0) is 43.9 Å². The number of nitrogens with zero attached hydrogens (tertiary/aromatic N) is 2. The van der Waals surface area contributed by atoms with Gasteiger partial charge in [0.25, 0.3) is 0 Å². The Labute approximate surface area is 87.9 Å². The van der Waals surface area contributed by atoms with Gasteiger partial charge in [0.15, 0.2) is 6.29 Å². The molecule has 0 saturated carbocycles. The summed E-state index contributed by atoms with van der Waals surface area (Å²) in [6.07, 6.45) is 6.19. The van der Waals surface area contributed by atoms with Crippen LogP contribution in [-0.4, -0.2) is 35.2 Å². The summed E-state index contributed by atoms with van der Waals surface area (Å²) in [5.41, 5.74) is 0.772. The highest BCUT2D eigenvalue weighted by molar-refractivity contribution is 7.06. The number of carbonyl (C=O) groups is 1. The van der Waals surface area contributed by atoms with Gasteiger partial charge in [0.05, 0.1) is 6.20 Å². The number of aldehydes is 1. The summed E-state index contributed by atoms with van der Waals surface area (Å²) < 4.78 is 4.03. The smallest absolute Gasteiger partial charge is 0.152 e. The van der Waals surface area contributed by atoms with E-state index in [1.54, 1.807) is 6.20 Å². The van der Waals surface area contributed by atoms with Gasteiger partial charge in [-0.2, -0.15) is 0 Å². The Balaban J connectivity index is 1.87. The molecule has 0 atom stereocenters. The second-order valence-electron chi connectivity index (χ2n) is 3.62. The maximum Gasteiger partial charge on any atom is 0.152 e. The number of hydrogen-bond donors (Lipinski definition) is 0. The Morgan fingerprint density at radius 2 is 2.29 bits per heavy atom. The molecule has 3 nitrogen and oxygen atoms in total. The van der Waals surface area contributed by atoms with Crippen molar-refractivity contribution in [3.63, 3.8) is 0 Å². The molecular formula is C10H14N2OS. The van der Waals surface area contributed by atoms with Crippen molar-refractivity contribution in [2.45, 2.75) is 19.3 Å². The largest absolute Gasteiger partial charge is 0.303 e. The van der Waals surface area contributed by atoms with Crippen LogP contribution in [0.1, 0.15) is 28.1 Å². The van der Waals surface area contributed by atoms with E-state index in [4.69, 9.17) is 0 Å². The highest BCUT2D eigenvalue weighted by Crippen LogP contribution is 2.14. The molecule has 1 aromatic rings. The molecule has 0 aromatic carbocycles.